The molecule has 0 radical (unpaired) electrons. The summed E-state index contributed by atoms with van der Waals surface area (Å²) in [5.74, 6) is -0.661. The molecule has 0 fully saturated rings. The van der Waals surface area contributed by atoms with Crippen molar-refractivity contribution in [3.8, 4) is 11.1 Å². The van der Waals surface area contributed by atoms with Crippen molar-refractivity contribution in [2.45, 2.75) is 16.7 Å². The normalized spacial score (nSPS) is 13.4. The predicted molar refractivity (Wildman–Crippen MR) is 111 cm³/mol. The first kappa shape index (κ1) is 22.1. The number of sulfonamides is 2. The summed E-state index contributed by atoms with van der Waals surface area (Å²) in [6, 6.07) is 9.07. The Morgan fingerprint density at radius 2 is 1.17 bits per heavy atom. The van der Waals surface area contributed by atoms with E-state index in [4.69, 9.17) is 4.84 Å². The second kappa shape index (κ2) is 7.58. The Morgan fingerprint density at radius 3 is 1.50 bits per heavy atom. The first-order valence-electron chi connectivity index (χ1n) is 8.77. The zero-order valence-corrected chi connectivity index (χ0v) is 18.7. The van der Waals surface area contributed by atoms with E-state index in [1.54, 1.807) is 12.1 Å². The van der Waals surface area contributed by atoms with Crippen LogP contribution in [0.1, 0.15) is 18.1 Å². The third kappa shape index (κ3) is 3.65. The van der Waals surface area contributed by atoms with E-state index in [1.165, 1.54) is 59.4 Å². The van der Waals surface area contributed by atoms with Crippen LogP contribution in [0, 0.1) is 0 Å². The van der Waals surface area contributed by atoms with Gasteiger partial charge >= 0.3 is 5.97 Å². The first-order chi connectivity index (χ1) is 13.9. The van der Waals surface area contributed by atoms with Gasteiger partial charge in [0.1, 0.15) is 5.71 Å². The largest absolute Gasteiger partial charge is 0.332 e. The van der Waals surface area contributed by atoms with E-state index < -0.39 is 26.0 Å². The number of benzene rings is 2. The highest BCUT2D eigenvalue weighted by Gasteiger charge is 2.30. The lowest BCUT2D eigenvalue weighted by molar-refractivity contribution is -0.140. The van der Waals surface area contributed by atoms with Crippen LogP contribution in [0.25, 0.3) is 11.1 Å². The molecule has 0 saturated carbocycles. The smallest absolute Gasteiger partial charge is 0.318 e. The molecule has 0 bridgehead atoms. The molecule has 0 heterocycles. The van der Waals surface area contributed by atoms with Gasteiger partial charge in [-0.3, -0.25) is 0 Å². The summed E-state index contributed by atoms with van der Waals surface area (Å²) < 4.78 is 52.4. The highest BCUT2D eigenvalue weighted by molar-refractivity contribution is 7.89. The Kier molecular flexibility index (Phi) is 5.58. The van der Waals surface area contributed by atoms with Crippen molar-refractivity contribution in [3.63, 3.8) is 0 Å². The molecule has 2 aromatic rings. The molecule has 0 saturated heterocycles. The van der Waals surface area contributed by atoms with Gasteiger partial charge in [0.25, 0.3) is 0 Å². The van der Waals surface area contributed by atoms with Gasteiger partial charge in [-0.15, -0.1) is 0 Å². The predicted octanol–water partition coefficient (Wildman–Crippen LogP) is 1.48. The van der Waals surface area contributed by atoms with Crippen molar-refractivity contribution in [2.75, 3.05) is 28.2 Å². The van der Waals surface area contributed by atoms with Crippen LogP contribution in [0.2, 0.25) is 0 Å². The molecular formula is C19H21N3O6S2. The number of oxime groups is 1. The highest BCUT2D eigenvalue weighted by atomic mass is 32.2. The van der Waals surface area contributed by atoms with E-state index in [1.807, 2.05) is 0 Å². The van der Waals surface area contributed by atoms with Crippen molar-refractivity contribution in [3.05, 3.63) is 47.5 Å². The molecule has 0 spiro atoms. The Morgan fingerprint density at radius 1 is 0.767 bits per heavy atom. The maximum absolute atomic E-state index is 12.6. The monoisotopic (exact) mass is 451 g/mol. The number of carbonyl (C=O) groups is 1. The van der Waals surface area contributed by atoms with E-state index in [2.05, 4.69) is 5.16 Å². The van der Waals surface area contributed by atoms with Crippen LogP contribution in [-0.4, -0.2) is 65.3 Å². The maximum atomic E-state index is 12.6. The third-order valence-electron chi connectivity index (χ3n) is 4.61. The van der Waals surface area contributed by atoms with Crippen molar-refractivity contribution in [2.24, 2.45) is 5.16 Å². The van der Waals surface area contributed by atoms with Crippen LogP contribution >= 0.6 is 0 Å². The number of carbonyl (C=O) groups excluding carboxylic acids is 1. The molecule has 0 amide bonds. The van der Waals surface area contributed by atoms with E-state index in [-0.39, 0.29) is 15.5 Å². The molecule has 0 unspecified atom stereocenters. The molecule has 0 atom stereocenters. The van der Waals surface area contributed by atoms with Crippen LogP contribution < -0.4 is 0 Å². The molecule has 1 aliphatic rings. The van der Waals surface area contributed by atoms with Crippen LogP contribution in [-0.2, 0) is 29.7 Å². The SMILES string of the molecule is CC(=O)ON=C1c2cc(S(=O)(=O)N(C)C)ccc2-c2ccc(S(=O)(=O)N(C)C)cc21. The molecule has 0 aliphatic heterocycles. The molecule has 160 valence electrons. The van der Waals surface area contributed by atoms with Crippen LogP contribution in [0.15, 0.2) is 51.3 Å². The van der Waals surface area contributed by atoms with E-state index >= 15 is 0 Å². The van der Waals surface area contributed by atoms with E-state index in [9.17, 15) is 21.6 Å². The van der Waals surface area contributed by atoms with Crippen LogP contribution in [0.3, 0.4) is 0 Å². The summed E-state index contributed by atoms with van der Waals surface area (Å²) in [4.78, 5) is 16.2. The molecule has 1 aliphatic carbocycles. The van der Waals surface area contributed by atoms with Crippen LogP contribution in [0.5, 0.6) is 0 Å². The van der Waals surface area contributed by atoms with Gasteiger partial charge in [-0.05, 0) is 35.4 Å². The second-order valence-corrected chi connectivity index (χ2v) is 11.3. The van der Waals surface area contributed by atoms with Gasteiger partial charge in [-0.2, -0.15) is 0 Å². The zero-order chi connectivity index (χ0) is 22.4. The van der Waals surface area contributed by atoms with Gasteiger partial charge in [0.05, 0.1) is 9.79 Å². The van der Waals surface area contributed by atoms with Gasteiger partial charge in [0.15, 0.2) is 0 Å². The number of hydrogen-bond acceptors (Lipinski definition) is 7. The van der Waals surface area contributed by atoms with Crippen LogP contribution in [0.4, 0.5) is 0 Å². The average Bonchev–Trinajstić information content (AvgIpc) is 2.98. The molecule has 3 rings (SSSR count). The molecule has 30 heavy (non-hydrogen) atoms. The Hall–Kier alpha value is -2.60. The minimum absolute atomic E-state index is 0.0377. The fourth-order valence-corrected chi connectivity index (χ4v) is 4.86. The van der Waals surface area contributed by atoms with Crippen molar-refractivity contribution in [1.29, 1.82) is 0 Å². The lowest BCUT2D eigenvalue weighted by atomic mass is 10.1. The molecule has 11 heteroatoms. The maximum Gasteiger partial charge on any atom is 0.332 e. The average molecular weight is 452 g/mol. The summed E-state index contributed by atoms with van der Waals surface area (Å²) in [6.07, 6.45) is 0. The summed E-state index contributed by atoms with van der Waals surface area (Å²) in [5, 5.41) is 3.89. The zero-order valence-electron chi connectivity index (χ0n) is 17.1. The van der Waals surface area contributed by atoms with Crippen molar-refractivity contribution in [1.82, 2.24) is 8.61 Å². The fraction of sp³-hybridized carbons (Fsp3) is 0.263. The Balaban J connectivity index is 2.26. The van der Waals surface area contributed by atoms with Gasteiger partial charge in [-0.1, -0.05) is 17.3 Å². The Labute approximate surface area is 175 Å². The standard InChI is InChI=1S/C19H21N3O6S2/c1-12(23)28-20-19-17-10-13(29(24,25)21(2)3)6-8-15(17)16-9-7-14(11-18(16)19)30(26,27)22(4)5/h6-11H,1-5H3. The summed E-state index contributed by atoms with van der Waals surface area (Å²) >= 11 is 0. The second-order valence-electron chi connectivity index (χ2n) is 7.01. The molecule has 0 N–H and O–H groups in total. The quantitative estimate of drug-likeness (QED) is 0.429. The lowest BCUT2D eigenvalue weighted by Crippen LogP contribution is -2.22. The number of hydrogen-bond donors (Lipinski definition) is 0. The number of fused-ring (bicyclic) bond motifs is 3. The van der Waals surface area contributed by atoms with Crippen molar-refractivity contribution < 1.29 is 26.5 Å². The highest BCUT2D eigenvalue weighted by Crippen LogP contribution is 2.39. The lowest BCUT2D eigenvalue weighted by Gasteiger charge is -2.12. The topological polar surface area (TPSA) is 113 Å². The molecule has 2 aromatic carbocycles. The van der Waals surface area contributed by atoms with Gasteiger partial charge in [-0.25, -0.2) is 30.2 Å². The number of rotatable bonds is 5. The third-order valence-corrected chi connectivity index (χ3v) is 8.23. The summed E-state index contributed by atoms with van der Waals surface area (Å²) in [7, 11) is -1.75. The summed E-state index contributed by atoms with van der Waals surface area (Å²) in [6.45, 7) is 1.18. The first-order valence-corrected chi connectivity index (χ1v) is 11.6. The number of nitrogens with zero attached hydrogens (tertiary/aromatic N) is 3. The van der Waals surface area contributed by atoms with Gasteiger partial charge in [0, 0.05) is 46.2 Å². The minimum Gasteiger partial charge on any atom is -0.318 e. The molecular weight excluding hydrogens is 430 g/mol. The molecule has 0 aromatic heterocycles. The molecule has 9 nitrogen and oxygen atoms in total. The Bertz CT molecular complexity index is 1190. The summed E-state index contributed by atoms with van der Waals surface area (Å²) in [5.41, 5.74) is 2.34. The van der Waals surface area contributed by atoms with Crippen molar-refractivity contribution >= 4 is 31.7 Å². The minimum atomic E-state index is -3.72. The van der Waals surface area contributed by atoms with E-state index in [0.29, 0.717) is 22.3 Å². The van der Waals surface area contributed by atoms with Gasteiger partial charge in [0.2, 0.25) is 20.0 Å². The van der Waals surface area contributed by atoms with Gasteiger partial charge < -0.3 is 4.84 Å². The van der Waals surface area contributed by atoms with E-state index in [0.717, 1.165) is 8.61 Å². The fourth-order valence-electron chi connectivity index (χ4n) is 3.00.